The minimum absolute atomic E-state index is 0.0993. The lowest BCUT2D eigenvalue weighted by atomic mass is 10.3. The van der Waals surface area contributed by atoms with Crippen molar-refractivity contribution in [1.29, 1.82) is 0 Å². The highest BCUT2D eigenvalue weighted by Gasteiger charge is 2.14. The number of aromatic amines is 1. The normalized spacial score (nSPS) is 12.1. The van der Waals surface area contributed by atoms with Crippen molar-refractivity contribution in [3.8, 4) is 0 Å². The van der Waals surface area contributed by atoms with Gasteiger partial charge in [0.25, 0.3) is 0 Å². The van der Waals surface area contributed by atoms with Gasteiger partial charge in [0.1, 0.15) is 5.82 Å². The summed E-state index contributed by atoms with van der Waals surface area (Å²) in [5.41, 5.74) is 1.54. The van der Waals surface area contributed by atoms with Gasteiger partial charge in [-0.3, -0.25) is 0 Å². The topological polar surface area (TPSA) is 74.8 Å². The van der Waals surface area contributed by atoms with Crippen LogP contribution < -0.4 is 5.32 Å². The Morgan fingerprint density at radius 1 is 1.41 bits per heavy atom. The fourth-order valence-electron chi connectivity index (χ4n) is 1.66. The zero-order valence-electron chi connectivity index (χ0n) is 9.82. The largest absolute Gasteiger partial charge is 0.342 e. The summed E-state index contributed by atoms with van der Waals surface area (Å²) in [6.07, 6.45) is 0. The molecule has 0 amide bonds. The zero-order chi connectivity index (χ0) is 12.5. The summed E-state index contributed by atoms with van der Waals surface area (Å²) >= 11 is 0. The number of fused-ring (bicyclic) bond motifs is 1. The van der Waals surface area contributed by atoms with E-state index in [0.717, 1.165) is 16.9 Å². The number of imidazole rings is 1. The predicted molar refractivity (Wildman–Crippen MR) is 66.8 cm³/mol. The van der Waals surface area contributed by atoms with Crippen LogP contribution in [0.1, 0.15) is 5.82 Å². The molecule has 0 aliphatic rings. The Labute approximate surface area is 100 Å². The molecule has 2 N–H and O–H groups in total. The molecule has 17 heavy (non-hydrogen) atoms. The van der Waals surface area contributed by atoms with Crippen LogP contribution in [0.5, 0.6) is 0 Å². The maximum Gasteiger partial charge on any atom is 0.179 e. The Bertz CT molecular complexity index is 631. The number of H-pyrrole nitrogens is 1. The number of benzene rings is 1. The van der Waals surface area contributed by atoms with Gasteiger partial charge < -0.3 is 10.3 Å². The molecule has 0 aliphatic carbocycles. The van der Waals surface area contributed by atoms with E-state index >= 15 is 0 Å². The van der Waals surface area contributed by atoms with Gasteiger partial charge in [-0.15, -0.1) is 0 Å². The molecule has 0 fully saturated rings. The van der Waals surface area contributed by atoms with E-state index in [1.165, 1.54) is 0 Å². The van der Waals surface area contributed by atoms with Gasteiger partial charge in [0.2, 0.25) is 0 Å². The van der Waals surface area contributed by atoms with Gasteiger partial charge in [0.05, 0.1) is 21.7 Å². The first-order valence-electron chi connectivity index (χ1n) is 5.36. The summed E-state index contributed by atoms with van der Waals surface area (Å²) in [4.78, 5) is 7.61. The van der Waals surface area contributed by atoms with Gasteiger partial charge >= 0.3 is 0 Å². The highest BCUT2D eigenvalue weighted by atomic mass is 32.2. The molecule has 0 radical (unpaired) electrons. The first-order chi connectivity index (χ1) is 8.03. The second kappa shape index (κ2) is 4.46. The van der Waals surface area contributed by atoms with Crippen LogP contribution in [0.15, 0.2) is 23.1 Å². The number of nitrogens with zero attached hydrogens (tertiary/aromatic N) is 1. The van der Waals surface area contributed by atoms with Gasteiger partial charge in [-0.2, -0.15) is 0 Å². The molecule has 2 aromatic rings. The average molecular weight is 253 g/mol. The molecule has 92 valence electrons. The lowest BCUT2D eigenvalue weighted by Gasteiger charge is -2.03. The highest BCUT2D eigenvalue weighted by Crippen LogP contribution is 2.18. The van der Waals surface area contributed by atoms with Crippen molar-refractivity contribution in [2.24, 2.45) is 0 Å². The summed E-state index contributed by atoms with van der Waals surface area (Å²) < 4.78 is 23.9. The number of aryl methyl sites for hydroxylation is 1. The Balaban J connectivity index is 2.42. The van der Waals surface area contributed by atoms with Gasteiger partial charge in [-0.1, -0.05) is 0 Å². The summed E-state index contributed by atoms with van der Waals surface area (Å²) in [5.74, 6) is 0.882. The van der Waals surface area contributed by atoms with Crippen molar-refractivity contribution < 1.29 is 8.42 Å². The third kappa shape index (κ3) is 2.48. The van der Waals surface area contributed by atoms with Gasteiger partial charge in [0, 0.05) is 6.54 Å². The molecule has 6 heteroatoms. The standard InChI is InChI=1S/C11H15N3O2S/c1-8-13-10-4-3-9(7-11(10)14-8)17(15,16)6-5-12-2/h3-4,7,12H,5-6H2,1-2H3,(H,13,14). The molecule has 1 aromatic heterocycles. The Morgan fingerprint density at radius 2 is 2.18 bits per heavy atom. The van der Waals surface area contributed by atoms with E-state index in [9.17, 15) is 8.42 Å². The molecule has 1 heterocycles. The van der Waals surface area contributed by atoms with E-state index in [2.05, 4.69) is 15.3 Å². The van der Waals surface area contributed by atoms with E-state index in [1.54, 1.807) is 25.2 Å². The number of hydrogen-bond donors (Lipinski definition) is 2. The van der Waals surface area contributed by atoms with Crippen LogP contribution >= 0.6 is 0 Å². The van der Waals surface area contributed by atoms with Crippen molar-refractivity contribution in [3.63, 3.8) is 0 Å². The molecule has 1 aromatic carbocycles. The van der Waals surface area contributed by atoms with Crippen molar-refractivity contribution >= 4 is 20.9 Å². The zero-order valence-corrected chi connectivity index (χ0v) is 10.6. The second-order valence-electron chi connectivity index (χ2n) is 3.92. The fourth-order valence-corrected chi connectivity index (χ4v) is 2.95. The lowest BCUT2D eigenvalue weighted by Crippen LogP contribution is -2.19. The quantitative estimate of drug-likeness (QED) is 0.847. The first kappa shape index (κ1) is 12.1. The SMILES string of the molecule is CNCCS(=O)(=O)c1ccc2nc(C)[nH]c2c1. The maximum absolute atomic E-state index is 12.0. The second-order valence-corrected chi connectivity index (χ2v) is 6.03. The van der Waals surface area contributed by atoms with Crippen molar-refractivity contribution in [2.75, 3.05) is 19.3 Å². The van der Waals surface area contributed by atoms with Crippen LogP contribution in [0, 0.1) is 6.92 Å². The summed E-state index contributed by atoms with van der Waals surface area (Å²) in [7, 11) is -1.48. The molecule has 0 aliphatic heterocycles. The minimum atomic E-state index is -3.21. The molecule has 0 unspecified atom stereocenters. The van der Waals surface area contributed by atoms with Crippen LogP contribution in [-0.4, -0.2) is 37.7 Å². The number of nitrogens with one attached hydrogen (secondary N) is 2. The van der Waals surface area contributed by atoms with Crippen molar-refractivity contribution in [3.05, 3.63) is 24.0 Å². The molecular formula is C11H15N3O2S. The molecule has 0 spiro atoms. The molecule has 0 bridgehead atoms. The number of aromatic nitrogens is 2. The summed E-state index contributed by atoms with van der Waals surface area (Å²) in [5, 5.41) is 2.84. The van der Waals surface area contributed by atoms with Gasteiger partial charge in [-0.25, -0.2) is 13.4 Å². The summed E-state index contributed by atoms with van der Waals surface area (Å²) in [6, 6.07) is 4.97. The Morgan fingerprint density at radius 3 is 2.88 bits per heavy atom. The Kier molecular flexibility index (Phi) is 3.17. The molecular weight excluding hydrogens is 238 g/mol. The van der Waals surface area contributed by atoms with E-state index < -0.39 is 9.84 Å². The van der Waals surface area contributed by atoms with Crippen LogP contribution in [0.2, 0.25) is 0 Å². The minimum Gasteiger partial charge on any atom is -0.342 e. The number of sulfone groups is 1. The van der Waals surface area contributed by atoms with Crippen LogP contribution in [0.4, 0.5) is 0 Å². The molecule has 0 saturated carbocycles. The van der Waals surface area contributed by atoms with Gasteiger partial charge in [-0.05, 0) is 32.2 Å². The lowest BCUT2D eigenvalue weighted by molar-refractivity contribution is 0.593. The molecule has 0 atom stereocenters. The van der Waals surface area contributed by atoms with Crippen LogP contribution in [0.3, 0.4) is 0 Å². The molecule has 2 rings (SSSR count). The third-order valence-corrected chi connectivity index (χ3v) is 4.27. The highest BCUT2D eigenvalue weighted by molar-refractivity contribution is 7.91. The first-order valence-corrected chi connectivity index (χ1v) is 7.02. The maximum atomic E-state index is 12.0. The van der Waals surface area contributed by atoms with Crippen LogP contribution in [-0.2, 0) is 9.84 Å². The summed E-state index contributed by atoms with van der Waals surface area (Å²) in [6.45, 7) is 2.29. The monoisotopic (exact) mass is 253 g/mol. The molecule has 5 nitrogen and oxygen atoms in total. The molecule has 0 saturated heterocycles. The van der Waals surface area contributed by atoms with E-state index in [4.69, 9.17) is 0 Å². The van der Waals surface area contributed by atoms with Crippen LogP contribution in [0.25, 0.3) is 11.0 Å². The smallest absolute Gasteiger partial charge is 0.179 e. The van der Waals surface area contributed by atoms with Crippen molar-refractivity contribution in [2.45, 2.75) is 11.8 Å². The Hall–Kier alpha value is -1.40. The van der Waals surface area contributed by atoms with E-state index in [0.29, 0.717) is 11.4 Å². The van der Waals surface area contributed by atoms with E-state index in [1.807, 2.05) is 6.92 Å². The third-order valence-electron chi connectivity index (χ3n) is 2.55. The number of rotatable bonds is 4. The van der Waals surface area contributed by atoms with E-state index in [-0.39, 0.29) is 5.75 Å². The predicted octanol–water partition coefficient (Wildman–Crippen LogP) is 0.864. The average Bonchev–Trinajstić information content (AvgIpc) is 2.65. The van der Waals surface area contributed by atoms with Gasteiger partial charge in [0.15, 0.2) is 9.84 Å². The fraction of sp³-hybridized carbons (Fsp3) is 0.364. The van der Waals surface area contributed by atoms with Crippen molar-refractivity contribution in [1.82, 2.24) is 15.3 Å². The number of hydrogen-bond acceptors (Lipinski definition) is 4.